The second-order valence-corrected chi connectivity index (χ2v) is 8.83. The van der Waals surface area contributed by atoms with Crippen molar-refractivity contribution in [3.05, 3.63) is 50.8 Å². The maximum atomic E-state index is 13.2. The van der Waals surface area contributed by atoms with Gasteiger partial charge in [-0.05, 0) is 38.3 Å². The van der Waals surface area contributed by atoms with Crippen LogP contribution in [0.4, 0.5) is 19.0 Å². The number of rotatable bonds is 3. The van der Waals surface area contributed by atoms with Crippen molar-refractivity contribution in [3.63, 3.8) is 0 Å². The molecular formula is C22H25F3N6O2. The molecule has 5 heterocycles. The number of halogens is 3. The van der Waals surface area contributed by atoms with Crippen molar-refractivity contribution in [2.45, 2.75) is 52.4 Å². The Morgan fingerprint density at radius 2 is 2.09 bits per heavy atom. The summed E-state index contributed by atoms with van der Waals surface area (Å²) in [5.41, 5.74) is 1.74. The van der Waals surface area contributed by atoms with Crippen molar-refractivity contribution in [2.24, 2.45) is 5.92 Å². The Bertz CT molecular complexity index is 1260. The zero-order valence-corrected chi connectivity index (χ0v) is 18.5. The highest BCUT2D eigenvalue weighted by molar-refractivity contribution is 5.55. The summed E-state index contributed by atoms with van der Waals surface area (Å²) >= 11 is 0. The molecule has 3 aromatic heterocycles. The summed E-state index contributed by atoms with van der Waals surface area (Å²) in [6, 6.07) is 1.17. The quantitative estimate of drug-likeness (QED) is 0.596. The molecule has 0 aromatic carbocycles. The van der Waals surface area contributed by atoms with Crippen LogP contribution in [0.15, 0.2) is 17.1 Å². The first-order valence-corrected chi connectivity index (χ1v) is 11.1. The fraction of sp³-hybridized carbons (Fsp3) is 0.545. The Labute approximate surface area is 188 Å². The molecule has 0 radical (unpaired) electrons. The van der Waals surface area contributed by atoms with Crippen LogP contribution in [0.1, 0.15) is 40.9 Å². The van der Waals surface area contributed by atoms with Crippen molar-refractivity contribution in [3.8, 4) is 0 Å². The van der Waals surface area contributed by atoms with Crippen LogP contribution in [0, 0.1) is 19.8 Å². The van der Waals surface area contributed by atoms with Gasteiger partial charge in [0.15, 0.2) is 0 Å². The third-order valence-corrected chi connectivity index (χ3v) is 6.59. The van der Waals surface area contributed by atoms with E-state index >= 15 is 0 Å². The number of hydrogen-bond donors (Lipinski definition) is 0. The molecule has 3 aromatic rings. The second-order valence-electron chi connectivity index (χ2n) is 8.83. The van der Waals surface area contributed by atoms with Gasteiger partial charge in [-0.15, -0.1) is 5.10 Å². The van der Waals surface area contributed by atoms with Gasteiger partial charge in [-0.2, -0.15) is 18.2 Å². The minimum Gasteiger partial charge on any atom is -0.381 e. The molecule has 33 heavy (non-hydrogen) atoms. The third kappa shape index (κ3) is 3.98. The van der Waals surface area contributed by atoms with E-state index in [1.165, 1.54) is 15.1 Å². The van der Waals surface area contributed by atoms with E-state index in [9.17, 15) is 18.0 Å². The Balaban J connectivity index is 1.49. The number of ether oxygens (including phenoxy) is 1. The van der Waals surface area contributed by atoms with Gasteiger partial charge in [0, 0.05) is 55.2 Å². The molecule has 2 aliphatic rings. The van der Waals surface area contributed by atoms with Gasteiger partial charge in [-0.1, -0.05) is 0 Å². The third-order valence-electron chi connectivity index (χ3n) is 6.59. The van der Waals surface area contributed by atoms with Crippen LogP contribution in [0.5, 0.6) is 0 Å². The molecule has 1 atom stereocenters. The summed E-state index contributed by atoms with van der Waals surface area (Å²) in [7, 11) is 0. The number of aromatic nitrogens is 5. The maximum absolute atomic E-state index is 13.2. The highest BCUT2D eigenvalue weighted by atomic mass is 19.4. The fourth-order valence-electron chi connectivity index (χ4n) is 4.66. The maximum Gasteiger partial charge on any atom is 0.417 e. The average Bonchev–Trinajstić information content (AvgIpc) is 3.10. The van der Waals surface area contributed by atoms with E-state index in [0.29, 0.717) is 49.0 Å². The van der Waals surface area contributed by atoms with E-state index in [2.05, 4.69) is 15.1 Å². The number of alkyl halides is 3. The fourth-order valence-corrected chi connectivity index (χ4v) is 4.66. The summed E-state index contributed by atoms with van der Waals surface area (Å²) in [5, 5.41) is 4.47. The first-order valence-electron chi connectivity index (χ1n) is 11.1. The van der Waals surface area contributed by atoms with E-state index in [1.54, 1.807) is 0 Å². The summed E-state index contributed by atoms with van der Waals surface area (Å²) < 4.78 is 48.0. The molecular weight excluding hydrogens is 437 g/mol. The predicted molar refractivity (Wildman–Crippen MR) is 114 cm³/mol. The lowest BCUT2D eigenvalue weighted by atomic mass is 10.0. The van der Waals surface area contributed by atoms with Crippen molar-refractivity contribution >= 4 is 11.6 Å². The van der Waals surface area contributed by atoms with E-state index in [-0.39, 0.29) is 18.2 Å². The average molecular weight is 462 g/mol. The molecule has 0 spiro atoms. The lowest BCUT2D eigenvalue weighted by Gasteiger charge is -2.31. The van der Waals surface area contributed by atoms with Gasteiger partial charge in [0.1, 0.15) is 5.82 Å². The van der Waals surface area contributed by atoms with E-state index in [1.807, 2.05) is 18.7 Å². The second kappa shape index (κ2) is 8.12. The van der Waals surface area contributed by atoms with Gasteiger partial charge < -0.3 is 9.64 Å². The molecule has 0 N–H and O–H groups in total. The predicted octanol–water partition coefficient (Wildman–Crippen LogP) is 2.91. The molecule has 11 heteroatoms. The van der Waals surface area contributed by atoms with Crippen molar-refractivity contribution in [1.82, 2.24) is 24.1 Å². The highest BCUT2D eigenvalue weighted by Crippen LogP contribution is 2.32. The zero-order valence-electron chi connectivity index (χ0n) is 18.5. The molecule has 176 valence electrons. The molecule has 0 aliphatic carbocycles. The van der Waals surface area contributed by atoms with E-state index in [4.69, 9.17) is 4.74 Å². The normalized spacial score (nSPS) is 19.2. The topological polar surface area (TPSA) is 77.6 Å². The van der Waals surface area contributed by atoms with Crippen LogP contribution in [0.3, 0.4) is 0 Å². The summed E-state index contributed by atoms with van der Waals surface area (Å²) in [5.74, 6) is 1.15. The van der Waals surface area contributed by atoms with Gasteiger partial charge >= 0.3 is 11.9 Å². The summed E-state index contributed by atoms with van der Waals surface area (Å²) in [6.07, 6.45) is -1.08. The standard InChI is InChI=1S/C22H25F3N6O2/c1-13-14(2)31-20(28-30(21(31)32)10-15-4-3-7-33-12-15)27-19(13)29-6-5-18-16(11-29)8-17(9-26-18)22(23,24)25/h8-9,15H,3-7,10-12H2,1-2H3. The van der Waals surface area contributed by atoms with Crippen molar-refractivity contribution in [2.75, 3.05) is 24.7 Å². The molecule has 1 fully saturated rings. The molecule has 0 amide bonds. The van der Waals surface area contributed by atoms with Crippen molar-refractivity contribution in [1.29, 1.82) is 0 Å². The molecule has 2 aliphatic heterocycles. The van der Waals surface area contributed by atoms with Crippen LogP contribution < -0.4 is 10.6 Å². The number of aryl methyl sites for hydroxylation is 1. The van der Waals surface area contributed by atoms with Crippen LogP contribution >= 0.6 is 0 Å². The Hall–Kier alpha value is -2.95. The van der Waals surface area contributed by atoms with E-state index in [0.717, 1.165) is 36.9 Å². The van der Waals surface area contributed by atoms with Crippen molar-refractivity contribution < 1.29 is 17.9 Å². The van der Waals surface area contributed by atoms with Gasteiger partial charge in [0.25, 0.3) is 5.78 Å². The highest BCUT2D eigenvalue weighted by Gasteiger charge is 2.33. The molecule has 8 nitrogen and oxygen atoms in total. The number of anilines is 1. The minimum absolute atomic E-state index is 0.233. The smallest absolute Gasteiger partial charge is 0.381 e. The van der Waals surface area contributed by atoms with Crippen LogP contribution in [0.2, 0.25) is 0 Å². The van der Waals surface area contributed by atoms with Gasteiger partial charge in [0.2, 0.25) is 0 Å². The van der Waals surface area contributed by atoms with Gasteiger partial charge in [0.05, 0.1) is 18.7 Å². The van der Waals surface area contributed by atoms with Crippen LogP contribution in [-0.4, -0.2) is 43.9 Å². The molecule has 1 saturated heterocycles. The molecule has 1 unspecified atom stereocenters. The summed E-state index contributed by atoms with van der Waals surface area (Å²) in [4.78, 5) is 23.6. The Kier molecular flexibility index (Phi) is 5.38. The first kappa shape index (κ1) is 21.9. The van der Waals surface area contributed by atoms with Gasteiger partial charge in [-0.3, -0.25) is 4.98 Å². The number of fused-ring (bicyclic) bond motifs is 2. The van der Waals surface area contributed by atoms with Crippen LogP contribution in [0.25, 0.3) is 5.78 Å². The number of pyridine rings is 1. The van der Waals surface area contributed by atoms with E-state index < -0.39 is 11.7 Å². The Morgan fingerprint density at radius 1 is 1.27 bits per heavy atom. The lowest BCUT2D eigenvalue weighted by Crippen LogP contribution is -2.33. The first-order chi connectivity index (χ1) is 15.7. The SMILES string of the molecule is Cc1c(N2CCc3ncc(C(F)(F)F)cc3C2)nc2nn(CC3CCCOC3)c(=O)n2c1C. The number of nitrogens with zero attached hydrogens (tertiary/aromatic N) is 6. The minimum atomic E-state index is -4.44. The Morgan fingerprint density at radius 3 is 2.82 bits per heavy atom. The largest absolute Gasteiger partial charge is 0.417 e. The van der Waals surface area contributed by atoms with Crippen LogP contribution in [-0.2, 0) is 30.4 Å². The lowest BCUT2D eigenvalue weighted by molar-refractivity contribution is -0.137. The van der Waals surface area contributed by atoms with Gasteiger partial charge in [-0.25, -0.2) is 13.9 Å². The number of hydrogen-bond acceptors (Lipinski definition) is 6. The molecule has 0 saturated carbocycles. The molecule has 5 rings (SSSR count). The zero-order chi connectivity index (χ0) is 23.3. The summed E-state index contributed by atoms with van der Waals surface area (Å²) in [6.45, 7) is 6.37. The molecule has 0 bridgehead atoms. The monoisotopic (exact) mass is 462 g/mol.